The van der Waals surface area contributed by atoms with Crippen LogP contribution in [0.5, 0.6) is 0 Å². The minimum atomic E-state index is -5.09. The topological polar surface area (TPSA) is 189 Å². The minimum absolute atomic E-state index is 0.000770. The molecule has 370 valence electrons. The zero-order valence-corrected chi connectivity index (χ0v) is 40.5. The predicted octanol–water partition coefficient (Wildman–Crippen LogP) is 11.8. The summed E-state index contributed by atoms with van der Waals surface area (Å²) < 4.78 is 41.5. The Kier molecular flexibility index (Phi) is 42.5. The van der Waals surface area contributed by atoms with Crippen LogP contribution in [0.25, 0.3) is 0 Å². The first-order valence-corrected chi connectivity index (χ1v) is 26.5. The lowest BCUT2D eigenvalue weighted by Crippen LogP contribution is -2.42. The first-order valence-electron chi connectivity index (χ1n) is 25.6. The number of aliphatic hydroxyl groups excluding tert-OH is 4. The summed E-state index contributed by atoms with van der Waals surface area (Å²) in [6.45, 7) is -0.127. The van der Waals surface area contributed by atoms with E-state index in [2.05, 4.69) is 50.3 Å². The SMILES string of the molecule is [2H]C(OC(=O)CCCC/C=C\CCCCCCCCCC/C=C\CCCCCCC)[C@H](COP(=O)(O)O[C@H](CO)[C@@H](O)[C@H](O)CO)OC(=O)CCCC/C=C\CCCCCCCCC. The van der Waals surface area contributed by atoms with Gasteiger partial charge in [-0.15, -0.1) is 0 Å². The van der Waals surface area contributed by atoms with Crippen molar-refractivity contribution in [3.8, 4) is 0 Å². The molecule has 13 heteroatoms. The highest BCUT2D eigenvalue weighted by Gasteiger charge is 2.35. The maximum absolute atomic E-state index is 12.8. The van der Waals surface area contributed by atoms with Crippen molar-refractivity contribution in [2.24, 2.45) is 0 Å². The molecule has 0 aliphatic rings. The number of carbonyl (C=O) groups is 2. The van der Waals surface area contributed by atoms with Gasteiger partial charge in [-0.25, -0.2) is 4.57 Å². The summed E-state index contributed by atoms with van der Waals surface area (Å²) in [7, 11) is -5.09. The standard InChI is InChI=1S/C50H93O12P/c1-3-5-7-9-11-13-15-17-18-19-20-21-22-23-24-25-26-28-29-31-33-35-37-39-48(54)59-43-45(44-60-63(57,58)62-47(42-52)50(56)46(53)41-51)61-49(55)40-38-36-34-32-30-27-16-14-12-10-8-6-4-2/h15,17,29-32,45-47,50-53,56H,3-14,16,18-28,33-44H2,1-2H3,(H,57,58)/b17-15-,31-29-,32-30-/t45-,46-,47-,50+/m1/s1/i43D/t43?,45-,46-,47-,50+. The lowest BCUT2D eigenvalue weighted by molar-refractivity contribution is -0.161. The third-order valence-electron chi connectivity index (χ3n) is 10.9. The normalized spacial score (nSPS) is 15.7. The van der Waals surface area contributed by atoms with Gasteiger partial charge in [0.05, 0.1) is 21.2 Å². The number of phosphoric acid groups is 1. The van der Waals surface area contributed by atoms with Crippen LogP contribution in [-0.4, -0.2) is 88.1 Å². The Hall–Kier alpha value is -1.89. The highest BCUT2D eigenvalue weighted by molar-refractivity contribution is 7.47. The Morgan fingerprint density at radius 2 is 0.921 bits per heavy atom. The van der Waals surface area contributed by atoms with Crippen LogP contribution in [0.2, 0.25) is 0 Å². The van der Waals surface area contributed by atoms with Gasteiger partial charge in [0.1, 0.15) is 24.9 Å². The van der Waals surface area contributed by atoms with Gasteiger partial charge in [0.25, 0.3) is 0 Å². The zero-order chi connectivity index (χ0) is 47.4. The van der Waals surface area contributed by atoms with Crippen molar-refractivity contribution in [3.05, 3.63) is 36.5 Å². The van der Waals surface area contributed by atoms with E-state index >= 15 is 0 Å². The molecule has 0 aromatic carbocycles. The van der Waals surface area contributed by atoms with E-state index in [1.165, 1.54) is 128 Å². The number of unbranched alkanes of at least 4 members (excludes halogenated alkanes) is 25. The van der Waals surface area contributed by atoms with Crippen molar-refractivity contribution in [1.29, 1.82) is 0 Å². The van der Waals surface area contributed by atoms with Crippen LogP contribution in [-0.2, 0) is 32.7 Å². The van der Waals surface area contributed by atoms with E-state index in [1.54, 1.807) is 0 Å². The monoisotopic (exact) mass is 918 g/mol. The Bertz CT molecular complexity index is 1220. The minimum Gasteiger partial charge on any atom is -0.462 e. The fourth-order valence-corrected chi connectivity index (χ4v) is 7.84. The Morgan fingerprint density at radius 1 is 0.556 bits per heavy atom. The second-order valence-electron chi connectivity index (χ2n) is 16.9. The third kappa shape index (κ3) is 41.3. The number of esters is 2. The van der Waals surface area contributed by atoms with Gasteiger partial charge in [-0.05, 0) is 89.9 Å². The lowest BCUT2D eigenvalue weighted by Gasteiger charge is -2.26. The van der Waals surface area contributed by atoms with Gasteiger partial charge in [-0.2, -0.15) is 0 Å². The molecule has 2 unspecified atom stereocenters. The summed E-state index contributed by atoms with van der Waals surface area (Å²) in [6, 6.07) is 0. The van der Waals surface area contributed by atoms with E-state index in [9.17, 15) is 34.4 Å². The van der Waals surface area contributed by atoms with Crippen molar-refractivity contribution in [2.45, 2.75) is 244 Å². The molecule has 0 saturated heterocycles. The fraction of sp³-hybridized carbons (Fsp3) is 0.840. The molecule has 63 heavy (non-hydrogen) atoms. The lowest BCUT2D eigenvalue weighted by atomic mass is 10.1. The van der Waals surface area contributed by atoms with Crippen LogP contribution >= 0.6 is 7.82 Å². The van der Waals surface area contributed by atoms with Crippen LogP contribution in [0.15, 0.2) is 36.5 Å². The molecule has 0 heterocycles. The van der Waals surface area contributed by atoms with E-state index in [4.69, 9.17) is 25.0 Å². The summed E-state index contributed by atoms with van der Waals surface area (Å²) in [6.07, 6.45) is 40.5. The molecule has 0 rings (SSSR count). The number of ether oxygens (including phenoxy) is 2. The van der Waals surface area contributed by atoms with Crippen LogP contribution in [0.3, 0.4) is 0 Å². The number of hydrogen-bond donors (Lipinski definition) is 5. The van der Waals surface area contributed by atoms with E-state index < -0.39 is 70.6 Å². The Morgan fingerprint density at radius 3 is 1.30 bits per heavy atom. The number of rotatable bonds is 47. The summed E-state index contributed by atoms with van der Waals surface area (Å²) in [5, 5.41) is 38.3. The summed E-state index contributed by atoms with van der Waals surface area (Å²) in [5.74, 6) is -1.41. The van der Waals surface area contributed by atoms with Gasteiger partial charge in [0, 0.05) is 12.8 Å². The summed E-state index contributed by atoms with van der Waals surface area (Å²) in [5.41, 5.74) is 0. The van der Waals surface area contributed by atoms with Crippen molar-refractivity contribution in [2.75, 3.05) is 26.4 Å². The highest BCUT2D eigenvalue weighted by atomic mass is 31.2. The molecular formula is C50H93O12P. The molecule has 0 bridgehead atoms. The van der Waals surface area contributed by atoms with Gasteiger partial charge in [0.2, 0.25) is 0 Å². The predicted molar refractivity (Wildman–Crippen MR) is 254 cm³/mol. The van der Waals surface area contributed by atoms with E-state index in [0.29, 0.717) is 12.8 Å². The molecule has 12 nitrogen and oxygen atoms in total. The quantitative estimate of drug-likeness (QED) is 0.0168. The Balaban J connectivity index is 4.59. The molecule has 0 fully saturated rings. The van der Waals surface area contributed by atoms with Gasteiger partial charge in [-0.1, -0.05) is 153 Å². The molecule has 0 amide bonds. The maximum atomic E-state index is 12.8. The van der Waals surface area contributed by atoms with Crippen molar-refractivity contribution < 1.29 is 59.4 Å². The highest BCUT2D eigenvalue weighted by Crippen LogP contribution is 2.45. The molecule has 0 saturated carbocycles. The number of carbonyl (C=O) groups excluding carboxylic acids is 2. The maximum Gasteiger partial charge on any atom is 0.472 e. The molecule has 0 spiro atoms. The molecular weight excluding hydrogens is 824 g/mol. The molecule has 0 aliphatic carbocycles. The van der Waals surface area contributed by atoms with Crippen molar-refractivity contribution in [1.82, 2.24) is 0 Å². The number of hydrogen-bond acceptors (Lipinski definition) is 11. The first-order chi connectivity index (χ1) is 31.0. The summed E-state index contributed by atoms with van der Waals surface area (Å²) in [4.78, 5) is 35.7. The average Bonchev–Trinajstić information content (AvgIpc) is 3.28. The molecule has 0 aliphatic heterocycles. The molecule has 5 N–H and O–H groups in total. The van der Waals surface area contributed by atoms with Gasteiger partial charge >= 0.3 is 19.8 Å². The number of phosphoric ester groups is 1. The van der Waals surface area contributed by atoms with Gasteiger partial charge in [0.15, 0.2) is 6.10 Å². The first kappa shape index (κ1) is 59.1. The van der Waals surface area contributed by atoms with Crippen molar-refractivity contribution in [3.63, 3.8) is 0 Å². The second-order valence-corrected chi connectivity index (χ2v) is 18.3. The Labute approximate surface area is 384 Å². The second kappa shape index (κ2) is 45.3. The molecule has 0 radical (unpaired) electrons. The molecule has 0 aromatic rings. The summed E-state index contributed by atoms with van der Waals surface area (Å²) >= 11 is 0. The van der Waals surface area contributed by atoms with Gasteiger partial charge < -0.3 is 34.8 Å². The van der Waals surface area contributed by atoms with E-state index in [1.807, 2.05) is 0 Å². The average molecular weight is 918 g/mol. The number of allylic oxidation sites excluding steroid dienone is 6. The van der Waals surface area contributed by atoms with Crippen LogP contribution in [0, 0.1) is 0 Å². The third-order valence-corrected chi connectivity index (χ3v) is 11.9. The smallest absolute Gasteiger partial charge is 0.462 e. The van der Waals surface area contributed by atoms with Crippen LogP contribution in [0.4, 0.5) is 0 Å². The fourth-order valence-electron chi connectivity index (χ4n) is 6.91. The zero-order valence-electron chi connectivity index (χ0n) is 40.6. The van der Waals surface area contributed by atoms with E-state index in [-0.39, 0.29) is 12.8 Å². The van der Waals surface area contributed by atoms with E-state index in [0.717, 1.165) is 51.4 Å². The number of aliphatic hydroxyl groups is 4. The molecule has 6 atom stereocenters. The molecule has 0 aromatic heterocycles. The van der Waals surface area contributed by atoms with Gasteiger partial charge in [-0.3, -0.25) is 18.6 Å². The largest absolute Gasteiger partial charge is 0.472 e. The van der Waals surface area contributed by atoms with Crippen LogP contribution < -0.4 is 0 Å². The van der Waals surface area contributed by atoms with Crippen LogP contribution in [0.1, 0.15) is 221 Å². The van der Waals surface area contributed by atoms with Crippen molar-refractivity contribution >= 4 is 19.8 Å².